The fourth-order valence-corrected chi connectivity index (χ4v) is 9.02. The van der Waals surface area contributed by atoms with E-state index >= 15 is 0 Å². The maximum absolute atomic E-state index is 10.6. The monoisotopic (exact) mass is 465 g/mol. The minimum Gasteiger partial charge on any atom is -0.347 e. The molecule has 3 nitrogen and oxygen atoms in total. The number of allylic oxidation sites excluding steroid dienone is 4. The molecule has 0 aromatic carbocycles. The van der Waals surface area contributed by atoms with Crippen LogP contribution in [-0.2, 0) is 9.47 Å². The first-order chi connectivity index (χ1) is 16.1. The second kappa shape index (κ2) is 8.48. The van der Waals surface area contributed by atoms with Crippen molar-refractivity contribution < 1.29 is 9.47 Å². The van der Waals surface area contributed by atoms with Crippen LogP contribution in [0.25, 0.3) is 0 Å². The van der Waals surface area contributed by atoms with E-state index in [4.69, 9.17) is 9.47 Å². The first-order valence-corrected chi connectivity index (χ1v) is 14.2. The predicted octanol–water partition coefficient (Wildman–Crippen LogP) is 7.83. The highest BCUT2D eigenvalue weighted by Gasteiger charge is 2.64. The van der Waals surface area contributed by atoms with Crippen molar-refractivity contribution >= 4 is 0 Å². The van der Waals surface area contributed by atoms with Crippen molar-refractivity contribution in [2.24, 2.45) is 45.8 Å². The largest absolute Gasteiger partial charge is 0.347 e. The molecule has 1 aliphatic heterocycles. The van der Waals surface area contributed by atoms with E-state index in [1.807, 2.05) is 0 Å². The first kappa shape index (κ1) is 24.6. The molecular weight excluding hydrogens is 418 g/mol. The van der Waals surface area contributed by atoms with Crippen LogP contribution in [-0.4, -0.2) is 19.0 Å². The van der Waals surface area contributed by atoms with Crippen molar-refractivity contribution in [2.75, 3.05) is 13.2 Å². The van der Waals surface area contributed by atoms with Gasteiger partial charge in [-0.05, 0) is 80.0 Å². The SMILES string of the molecule is CC(C)[C@@H](C)/C=C/[C@@H](C)C1CCC2C3=C(CC[C@@]21C)[C@@]1(C)CCC2(CC1(C#N)CC3)OCCO2. The number of hydrogen-bond acceptors (Lipinski definition) is 3. The zero-order valence-electron chi connectivity index (χ0n) is 22.6. The molecule has 1 spiro atoms. The molecule has 2 saturated carbocycles. The maximum atomic E-state index is 10.6. The van der Waals surface area contributed by atoms with E-state index in [0.717, 1.165) is 38.0 Å². The van der Waals surface area contributed by atoms with Gasteiger partial charge in [0, 0.05) is 18.3 Å². The van der Waals surface area contributed by atoms with Gasteiger partial charge in [0.1, 0.15) is 0 Å². The summed E-state index contributed by atoms with van der Waals surface area (Å²) >= 11 is 0. The van der Waals surface area contributed by atoms with E-state index in [2.05, 4.69) is 59.8 Å². The molecule has 3 fully saturated rings. The zero-order valence-corrected chi connectivity index (χ0v) is 22.6. The minimum absolute atomic E-state index is 0.0203. The van der Waals surface area contributed by atoms with Gasteiger partial charge in [-0.2, -0.15) is 5.26 Å². The first-order valence-electron chi connectivity index (χ1n) is 14.2. The van der Waals surface area contributed by atoms with Gasteiger partial charge in [0.2, 0.25) is 0 Å². The Bertz CT molecular complexity index is 905. The van der Waals surface area contributed by atoms with Gasteiger partial charge in [-0.25, -0.2) is 0 Å². The number of fused-ring (bicyclic) bond motifs is 4. The average molecular weight is 466 g/mol. The molecular formula is C31H47NO2. The molecule has 0 bridgehead atoms. The Hall–Kier alpha value is -1.11. The molecule has 0 aromatic rings. The van der Waals surface area contributed by atoms with Crippen molar-refractivity contribution in [2.45, 2.75) is 105 Å². The lowest BCUT2D eigenvalue weighted by molar-refractivity contribution is -0.217. The number of ether oxygens (including phenoxy) is 2. The Morgan fingerprint density at radius 3 is 2.35 bits per heavy atom. The van der Waals surface area contributed by atoms with Gasteiger partial charge in [-0.15, -0.1) is 0 Å². The van der Waals surface area contributed by atoms with Crippen LogP contribution in [0, 0.1) is 57.2 Å². The zero-order chi connectivity index (χ0) is 24.4. The molecule has 34 heavy (non-hydrogen) atoms. The Kier molecular flexibility index (Phi) is 6.13. The molecule has 5 aliphatic rings. The van der Waals surface area contributed by atoms with Gasteiger partial charge < -0.3 is 9.47 Å². The van der Waals surface area contributed by atoms with Crippen LogP contribution in [0.1, 0.15) is 99.3 Å². The molecule has 0 amide bonds. The van der Waals surface area contributed by atoms with Gasteiger partial charge in [0.05, 0.1) is 24.7 Å². The topological polar surface area (TPSA) is 42.2 Å². The molecule has 4 aliphatic carbocycles. The Morgan fingerprint density at radius 1 is 0.941 bits per heavy atom. The molecule has 5 rings (SSSR count). The van der Waals surface area contributed by atoms with Crippen molar-refractivity contribution in [1.29, 1.82) is 5.26 Å². The summed E-state index contributed by atoms with van der Waals surface area (Å²) in [4.78, 5) is 0. The van der Waals surface area contributed by atoms with Crippen molar-refractivity contribution in [3.05, 3.63) is 23.3 Å². The molecule has 1 saturated heterocycles. The summed E-state index contributed by atoms with van der Waals surface area (Å²) in [6, 6.07) is 2.87. The molecule has 0 aromatic heterocycles. The average Bonchev–Trinajstić information content (AvgIpc) is 3.41. The predicted molar refractivity (Wildman–Crippen MR) is 137 cm³/mol. The lowest BCUT2D eigenvalue weighted by Gasteiger charge is -2.59. The quantitative estimate of drug-likeness (QED) is 0.397. The third-order valence-electron chi connectivity index (χ3n) is 11.7. The molecule has 0 N–H and O–H groups in total. The van der Waals surface area contributed by atoms with Gasteiger partial charge >= 0.3 is 0 Å². The van der Waals surface area contributed by atoms with Crippen molar-refractivity contribution in [3.63, 3.8) is 0 Å². The summed E-state index contributed by atoms with van der Waals surface area (Å²) in [7, 11) is 0. The standard InChI is InChI=1S/C31H47NO2/c1-21(2)22(3)7-8-23(4)25-9-10-26-24-11-14-30(20-32)19-31(33-17-18-34-31)16-15-29(30,6)27(24)12-13-28(25,26)5/h7-8,21-23,25-26H,9-19H2,1-6H3/b8-7+/t22-,23+,25?,26?,28+,29+,30?/m0/s1. The lowest BCUT2D eigenvalue weighted by Crippen LogP contribution is -2.55. The second-order valence-corrected chi connectivity index (χ2v) is 13.4. The highest BCUT2D eigenvalue weighted by molar-refractivity contribution is 5.39. The van der Waals surface area contributed by atoms with Gasteiger partial charge in [-0.3, -0.25) is 0 Å². The van der Waals surface area contributed by atoms with Gasteiger partial charge in [0.15, 0.2) is 5.79 Å². The van der Waals surface area contributed by atoms with Crippen LogP contribution in [0.5, 0.6) is 0 Å². The summed E-state index contributed by atoms with van der Waals surface area (Å²) < 4.78 is 12.2. The lowest BCUT2D eigenvalue weighted by atomic mass is 9.45. The van der Waals surface area contributed by atoms with Crippen LogP contribution < -0.4 is 0 Å². The fraction of sp³-hybridized carbons (Fsp3) is 0.839. The van der Waals surface area contributed by atoms with Crippen LogP contribution in [0.2, 0.25) is 0 Å². The smallest absolute Gasteiger partial charge is 0.170 e. The summed E-state index contributed by atoms with van der Waals surface area (Å²) in [6.45, 7) is 15.9. The Labute approximate surface area is 208 Å². The Balaban J connectivity index is 1.42. The summed E-state index contributed by atoms with van der Waals surface area (Å²) in [5.41, 5.74) is 3.48. The van der Waals surface area contributed by atoms with Crippen LogP contribution in [0.4, 0.5) is 0 Å². The molecule has 3 unspecified atom stereocenters. The third-order valence-corrected chi connectivity index (χ3v) is 11.7. The van der Waals surface area contributed by atoms with E-state index < -0.39 is 5.79 Å². The summed E-state index contributed by atoms with van der Waals surface area (Å²) in [5.74, 6) is 2.98. The molecule has 0 radical (unpaired) electrons. The molecule has 3 heteroatoms. The molecule has 1 heterocycles. The van der Waals surface area contributed by atoms with Crippen LogP contribution >= 0.6 is 0 Å². The maximum Gasteiger partial charge on any atom is 0.170 e. The number of hydrogen-bond donors (Lipinski definition) is 0. The Morgan fingerprint density at radius 2 is 1.68 bits per heavy atom. The molecule has 7 atom stereocenters. The van der Waals surface area contributed by atoms with Gasteiger partial charge in [-0.1, -0.05) is 64.8 Å². The third kappa shape index (κ3) is 3.49. The van der Waals surface area contributed by atoms with Crippen LogP contribution in [0.15, 0.2) is 23.3 Å². The number of nitrogens with zero attached hydrogens (tertiary/aromatic N) is 1. The van der Waals surface area contributed by atoms with Crippen molar-refractivity contribution in [3.8, 4) is 6.07 Å². The minimum atomic E-state index is -0.496. The summed E-state index contributed by atoms with van der Waals surface area (Å²) in [6.07, 6.45) is 15.0. The highest BCUT2D eigenvalue weighted by Crippen LogP contribution is 2.70. The van der Waals surface area contributed by atoms with E-state index in [-0.39, 0.29) is 10.8 Å². The fourth-order valence-electron chi connectivity index (χ4n) is 9.02. The highest BCUT2D eigenvalue weighted by atomic mass is 16.7. The van der Waals surface area contributed by atoms with Crippen molar-refractivity contribution in [1.82, 2.24) is 0 Å². The number of rotatable bonds is 4. The number of nitriles is 1. The normalized spacial score (nSPS) is 43.0. The second-order valence-electron chi connectivity index (χ2n) is 13.4. The van der Waals surface area contributed by atoms with Gasteiger partial charge in [0.25, 0.3) is 0 Å². The van der Waals surface area contributed by atoms with E-state index in [9.17, 15) is 5.26 Å². The molecule has 188 valence electrons. The van der Waals surface area contributed by atoms with E-state index in [0.29, 0.717) is 42.3 Å². The van der Waals surface area contributed by atoms with Crippen LogP contribution in [0.3, 0.4) is 0 Å². The van der Waals surface area contributed by atoms with E-state index in [1.54, 1.807) is 11.1 Å². The summed E-state index contributed by atoms with van der Waals surface area (Å²) in [5, 5.41) is 10.6. The van der Waals surface area contributed by atoms with E-state index in [1.165, 1.54) is 25.7 Å².